The van der Waals surface area contributed by atoms with Crippen LogP contribution in [0.1, 0.15) is 39.0 Å². The largest absolute Gasteiger partial charge is 0.315 e. The molecule has 3 nitrogen and oxygen atoms in total. The van der Waals surface area contributed by atoms with Crippen LogP contribution in [0.3, 0.4) is 0 Å². The van der Waals surface area contributed by atoms with Crippen LogP contribution in [0.2, 0.25) is 0 Å². The van der Waals surface area contributed by atoms with Gasteiger partial charge in [-0.1, -0.05) is 38.7 Å². The molecule has 1 fully saturated rings. The molecule has 0 aromatic carbocycles. The molecule has 1 aromatic rings. The van der Waals surface area contributed by atoms with E-state index in [0.717, 1.165) is 31.5 Å². The summed E-state index contributed by atoms with van der Waals surface area (Å²) in [5.74, 6) is 1.86. The summed E-state index contributed by atoms with van der Waals surface area (Å²) in [6, 6.07) is 5.31. The topological polar surface area (TPSA) is 34.0 Å². The highest BCUT2D eigenvalue weighted by atomic mass is 16.1. The van der Waals surface area contributed by atoms with Gasteiger partial charge in [-0.3, -0.25) is 4.79 Å². The van der Waals surface area contributed by atoms with Crippen LogP contribution < -0.4 is 10.9 Å². The fourth-order valence-electron chi connectivity index (χ4n) is 2.89. The van der Waals surface area contributed by atoms with E-state index in [9.17, 15) is 4.79 Å². The Labute approximate surface area is 116 Å². The van der Waals surface area contributed by atoms with Crippen molar-refractivity contribution in [3.8, 4) is 0 Å². The van der Waals surface area contributed by atoms with Gasteiger partial charge in [0.05, 0.1) is 0 Å². The maximum Gasteiger partial charge on any atom is 0.250 e. The fraction of sp³-hybridized carbons (Fsp3) is 0.688. The molecule has 0 aliphatic heterocycles. The number of hydrogen-bond acceptors (Lipinski definition) is 2. The van der Waals surface area contributed by atoms with Crippen LogP contribution in [0.4, 0.5) is 0 Å². The van der Waals surface area contributed by atoms with Crippen molar-refractivity contribution in [1.82, 2.24) is 9.88 Å². The van der Waals surface area contributed by atoms with Gasteiger partial charge in [0.15, 0.2) is 0 Å². The van der Waals surface area contributed by atoms with E-state index in [1.54, 1.807) is 16.7 Å². The molecular weight excluding hydrogens is 236 g/mol. The second-order valence-corrected chi connectivity index (χ2v) is 5.90. The SMILES string of the molecule is CC1CCC(CCNCCn2ccccc2=O)CC1. The Morgan fingerprint density at radius 3 is 2.74 bits per heavy atom. The van der Waals surface area contributed by atoms with Gasteiger partial charge in [0.2, 0.25) is 0 Å². The monoisotopic (exact) mass is 262 g/mol. The highest BCUT2D eigenvalue weighted by molar-refractivity contribution is 4.93. The lowest BCUT2D eigenvalue weighted by molar-refractivity contribution is 0.275. The Morgan fingerprint density at radius 1 is 1.21 bits per heavy atom. The molecule has 1 saturated carbocycles. The molecule has 106 valence electrons. The fourth-order valence-corrected chi connectivity index (χ4v) is 2.89. The lowest BCUT2D eigenvalue weighted by atomic mass is 9.81. The van der Waals surface area contributed by atoms with Crippen molar-refractivity contribution in [3.63, 3.8) is 0 Å². The molecule has 0 bridgehead atoms. The zero-order valence-electron chi connectivity index (χ0n) is 12.0. The van der Waals surface area contributed by atoms with Crippen molar-refractivity contribution < 1.29 is 0 Å². The van der Waals surface area contributed by atoms with E-state index < -0.39 is 0 Å². The zero-order valence-corrected chi connectivity index (χ0v) is 12.0. The lowest BCUT2D eigenvalue weighted by Gasteiger charge is -2.26. The summed E-state index contributed by atoms with van der Waals surface area (Å²) >= 11 is 0. The van der Waals surface area contributed by atoms with Gasteiger partial charge in [-0.2, -0.15) is 0 Å². The molecule has 1 heterocycles. The molecule has 0 spiro atoms. The highest BCUT2D eigenvalue weighted by Crippen LogP contribution is 2.29. The smallest absolute Gasteiger partial charge is 0.250 e. The van der Waals surface area contributed by atoms with Gasteiger partial charge < -0.3 is 9.88 Å². The summed E-state index contributed by atoms with van der Waals surface area (Å²) in [5, 5.41) is 3.46. The van der Waals surface area contributed by atoms with Crippen molar-refractivity contribution in [1.29, 1.82) is 0 Å². The molecule has 1 aliphatic rings. The van der Waals surface area contributed by atoms with Gasteiger partial charge in [-0.25, -0.2) is 0 Å². The third kappa shape index (κ3) is 4.83. The molecule has 0 atom stereocenters. The Morgan fingerprint density at radius 2 is 2.00 bits per heavy atom. The van der Waals surface area contributed by atoms with Crippen LogP contribution in [-0.2, 0) is 6.54 Å². The minimum absolute atomic E-state index is 0.0885. The average molecular weight is 262 g/mol. The maximum absolute atomic E-state index is 11.5. The second kappa shape index (κ2) is 7.49. The number of rotatable bonds is 6. The summed E-state index contributed by atoms with van der Waals surface area (Å²) in [5.41, 5.74) is 0.0885. The Kier molecular flexibility index (Phi) is 5.64. The number of pyridine rings is 1. The third-order valence-corrected chi connectivity index (χ3v) is 4.29. The second-order valence-electron chi connectivity index (χ2n) is 5.90. The van der Waals surface area contributed by atoms with Crippen molar-refractivity contribution in [3.05, 3.63) is 34.7 Å². The predicted molar refractivity (Wildman–Crippen MR) is 79.3 cm³/mol. The minimum atomic E-state index is 0.0885. The van der Waals surface area contributed by atoms with Gasteiger partial charge in [0.25, 0.3) is 5.56 Å². The Hall–Kier alpha value is -1.09. The first-order valence-electron chi connectivity index (χ1n) is 7.62. The molecule has 0 radical (unpaired) electrons. The van der Waals surface area contributed by atoms with E-state index in [1.807, 2.05) is 12.3 Å². The van der Waals surface area contributed by atoms with E-state index in [2.05, 4.69) is 12.2 Å². The number of nitrogens with zero attached hydrogens (tertiary/aromatic N) is 1. The van der Waals surface area contributed by atoms with Crippen LogP contribution >= 0.6 is 0 Å². The Balaban J connectivity index is 1.57. The van der Waals surface area contributed by atoms with Gasteiger partial charge in [0.1, 0.15) is 0 Å². The third-order valence-electron chi connectivity index (χ3n) is 4.29. The van der Waals surface area contributed by atoms with Crippen LogP contribution in [0.15, 0.2) is 29.2 Å². The van der Waals surface area contributed by atoms with Crippen LogP contribution in [0.25, 0.3) is 0 Å². The average Bonchev–Trinajstić information content (AvgIpc) is 2.42. The molecule has 1 aromatic heterocycles. The summed E-state index contributed by atoms with van der Waals surface area (Å²) < 4.78 is 1.76. The summed E-state index contributed by atoms with van der Waals surface area (Å²) in [4.78, 5) is 11.5. The molecule has 0 saturated heterocycles. The molecular formula is C16H26N2O. The first-order chi connectivity index (χ1) is 9.25. The maximum atomic E-state index is 11.5. The number of aromatic nitrogens is 1. The zero-order chi connectivity index (χ0) is 13.5. The van der Waals surface area contributed by atoms with E-state index in [0.29, 0.717) is 0 Å². The minimum Gasteiger partial charge on any atom is -0.315 e. The summed E-state index contributed by atoms with van der Waals surface area (Å²) in [6.07, 6.45) is 8.76. The van der Waals surface area contributed by atoms with Gasteiger partial charge in [-0.05, 0) is 30.9 Å². The van der Waals surface area contributed by atoms with Crippen LogP contribution in [0.5, 0.6) is 0 Å². The molecule has 1 N–H and O–H groups in total. The highest BCUT2D eigenvalue weighted by Gasteiger charge is 2.17. The van der Waals surface area contributed by atoms with Gasteiger partial charge >= 0.3 is 0 Å². The summed E-state index contributed by atoms with van der Waals surface area (Å²) in [7, 11) is 0. The van der Waals surface area contributed by atoms with Crippen LogP contribution in [0, 0.1) is 11.8 Å². The molecule has 2 rings (SSSR count). The quantitative estimate of drug-likeness (QED) is 0.800. The van der Waals surface area contributed by atoms with Crippen LogP contribution in [-0.4, -0.2) is 17.7 Å². The number of hydrogen-bond donors (Lipinski definition) is 1. The lowest BCUT2D eigenvalue weighted by Crippen LogP contribution is -2.27. The molecule has 19 heavy (non-hydrogen) atoms. The molecule has 0 amide bonds. The first-order valence-corrected chi connectivity index (χ1v) is 7.62. The predicted octanol–water partition coefficient (Wildman–Crippen LogP) is 2.65. The van der Waals surface area contributed by atoms with E-state index in [4.69, 9.17) is 0 Å². The normalized spacial score (nSPS) is 23.4. The van der Waals surface area contributed by atoms with Gasteiger partial charge in [-0.15, -0.1) is 0 Å². The standard InChI is InChI=1S/C16H26N2O/c1-14-5-7-15(8-6-14)9-10-17-11-13-18-12-3-2-4-16(18)19/h2-4,12,14-15,17H,5-11,13H2,1H3. The van der Waals surface area contributed by atoms with Crippen molar-refractivity contribution >= 4 is 0 Å². The molecule has 3 heteroatoms. The Bertz CT molecular complexity index is 419. The number of nitrogens with one attached hydrogen (secondary N) is 1. The van der Waals surface area contributed by atoms with Crippen molar-refractivity contribution in [2.45, 2.75) is 45.6 Å². The summed E-state index contributed by atoms with van der Waals surface area (Å²) in [6.45, 7) is 5.10. The molecule has 1 aliphatic carbocycles. The molecule has 0 unspecified atom stereocenters. The van der Waals surface area contributed by atoms with Gasteiger partial charge in [0, 0.05) is 25.4 Å². The van der Waals surface area contributed by atoms with E-state index >= 15 is 0 Å². The van der Waals surface area contributed by atoms with Crippen molar-refractivity contribution in [2.24, 2.45) is 11.8 Å². The van der Waals surface area contributed by atoms with Crippen molar-refractivity contribution in [2.75, 3.05) is 13.1 Å². The first kappa shape index (κ1) is 14.3. The van der Waals surface area contributed by atoms with E-state index in [1.165, 1.54) is 32.1 Å². The van der Waals surface area contributed by atoms with E-state index in [-0.39, 0.29) is 5.56 Å².